The van der Waals surface area contributed by atoms with E-state index in [2.05, 4.69) is 10.3 Å². The molecule has 0 spiro atoms. The van der Waals surface area contributed by atoms with Crippen molar-refractivity contribution < 1.29 is 4.79 Å². The maximum atomic E-state index is 9.90. The van der Waals surface area contributed by atoms with Crippen molar-refractivity contribution in [3.8, 4) is 0 Å². The van der Waals surface area contributed by atoms with Crippen LogP contribution in [-0.4, -0.2) is 17.9 Å². The highest BCUT2D eigenvalue weighted by atomic mass is 35.5. The highest BCUT2D eigenvalue weighted by Gasteiger charge is 1.92. The summed E-state index contributed by atoms with van der Waals surface area (Å²) >= 11 is 5.59. The lowest BCUT2D eigenvalue weighted by molar-refractivity contribution is -0.109. The third-order valence-electron chi connectivity index (χ3n) is 1.43. The van der Waals surface area contributed by atoms with Gasteiger partial charge in [-0.25, -0.2) is 4.98 Å². The van der Waals surface area contributed by atoms with Crippen LogP contribution in [0.5, 0.6) is 0 Å². The maximum absolute atomic E-state index is 9.90. The molecular formula is C8H9ClN2O. The number of pyridine rings is 1. The number of nitrogens with zero attached hydrogens (tertiary/aromatic N) is 1. The molecule has 1 aromatic rings. The number of carbonyl (C=O) groups excluding carboxylic acids is 1. The van der Waals surface area contributed by atoms with E-state index in [-0.39, 0.29) is 0 Å². The highest BCUT2D eigenvalue weighted by Crippen LogP contribution is 2.04. The van der Waals surface area contributed by atoms with E-state index in [1.54, 1.807) is 12.3 Å². The van der Waals surface area contributed by atoms with Crippen molar-refractivity contribution in [3.05, 3.63) is 29.0 Å². The van der Waals surface area contributed by atoms with E-state index in [1.165, 1.54) is 0 Å². The Labute approximate surface area is 75.8 Å². The Balaban J connectivity index is 2.42. The molecule has 64 valence electrons. The van der Waals surface area contributed by atoms with Crippen molar-refractivity contribution in [3.63, 3.8) is 0 Å². The van der Waals surface area contributed by atoms with Gasteiger partial charge in [-0.2, -0.15) is 0 Å². The second-order valence-electron chi connectivity index (χ2n) is 2.31. The summed E-state index contributed by atoms with van der Waals surface area (Å²) < 4.78 is 0. The lowest BCUT2D eigenvalue weighted by Gasteiger charge is -1.98. The summed E-state index contributed by atoms with van der Waals surface area (Å²) in [6, 6.07) is 3.62. The van der Waals surface area contributed by atoms with Gasteiger partial charge in [-0.15, -0.1) is 0 Å². The molecule has 0 unspecified atom stereocenters. The van der Waals surface area contributed by atoms with Gasteiger partial charge in [0, 0.05) is 12.7 Å². The number of halogens is 1. The van der Waals surface area contributed by atoms with Crippen LogP contribution in [0, 0.1) is 0 Å². The first kappa shape index (κ1) is 9.00. The number of hydrogen-bond acceptors (Lipinski definition) is 2. The smallest absolute Gasteiger partial charge is 0.207 e. The third kappa shape index (κ3) is 2.88. The van der Waals surface area contributed by atoms with Gasteiger partial charge in [0.2, 0.25) is 6.41 Å². The summed E-state index contributed by atoms with van der Waals surface area (Å²) in [4.78, 5) is 13.8. The Morgan fingerprint density at radius 1 is 1.58 bits per heavy atom. The Morgan fingerprint density at radius 3 is 3.00 bits per heavy atom. The van der Waals surface area contributed by atoms with E-state index >= 15 is 0 Å². The van der Waals surface area contributed by atoms with Crippen LogP contribution in [0.25, 0.3) is 0 Å². The van der Waals surface area contributed by atoms with E-state index in [0.717, 1.165) is 12.0 Å². The minimum Gasteiger partial charge on any atom is -0.358 e. The summed E-state index contributed by atoms with van der Waals surface area (Å²) in [5, 5.41) is 3.06. The van der Waals surface area contributed by atoms with Crippen LogP contribution < -0.4 is 5.32 Å². The van der Waals surface area contributed by atoms with Gasteiger partial charge in [-0.1, -0.05) is 17.7 Å². The topological polar surface area (TPSA) is 42.0 Å². The van der Waals surface area contributed by atoms with Crippen LogP contribution in [-0.2, 0) is 11.2 Å². The fourth-order valence-corrected chi connectivity index (χ4v) is 0.942. The first-order valence-corrected chi connectivity index (χ1v) is 3.98. The van der Waals surface area contributed by atoms with E-state index in [0.29, 0.717) is 18.1 Å². The predicted octanol–water partition coefficient (Wildman–Crippen LogP) is 1.02. The van der Waals surface area contributed by atoms with Crippen LogP contribution in [0.3, 0.4) is 0 Å². The van der Waals surface area contributed by atoms with E-state index < -0.39 is 0 Å². The SMILES string of the molecule is O=CNCCc1ccc(Cl)nc1. The van der Waals surface area contributed by atoms with Gasteiger partial charge in [-0.3, -0.25) is 4.79 Å². The molecule has 0 atom stereocenters. The number of carbonyl (C=O) groups is 1. The summed E-state index contributed by atoms with van der Waals surface area (Å²) in [5.41, 5.74) is 1.06. The van der Waals surface area contributed by atoms with Crippen LogP contribution in [0.2, 0.25) is 5.15 Å². The molecule has 0 saturated carbocycles. The normalized spacial score (nSPS) is 9.42. The van der Waals surface area contributed by atoms with Gasteiger partial charge in [0.05, 0.1) is 0 Å². The van der Waals surface area contributed by atoms with Crippen molar-refractivity contribution in [2.45, 2.75) is 6.42 Å². The van der Waals surface area contributed by atoms with Gasteiger partial charge < -0.3 is 5.32 Å². The minimum absolute atomic E-state index is 0.488. The molecule has 12 heavy (non-hydrogen) atoms. The molecule has 0 aliphatic heterocycles. The van der Waals surface area contributed by atoms with E-state index in [1.807, 2.05) is 6.07 Å². The largest absolute Gasteiger partial charge is 0.358 e. The van der Waals surface area contributed by atoms with Crippen LogP contribution in [0.15, 0.2) is 18.3 Å². The molecule has 0 radical (unpaired) electrons. The standard InChI is InChI=1S/C8H9ClN2O/c9-8-2-1-7(5-11-8)3-4-10-6-12/h1-2,5-6H,3-4H2,(H,10,12). The molecule has 1 N–H and O–H groups in total. The zero-order valence-electron chi connectivity index (χ0n) is 6.46. The van der Waals surface area contributed by atoms with Crippen molar-refractivity contribution in [1.82, 2.24) is 10.3 Å². The Morgan fingerprint density at radius 2 is 2.42 bits per heavy atom. The van der Waals surface area contributed by atoms with Crippen LogP contribution in [0.4, 0.5) is 0 Å². The molecule has 0 saturated heterocycles. The number of amides is 1. The second kappa shape index (κ2) is 4.72. The summed E-state index contributed by atoms with van der Waals surface area (Å²) in [5.74, 6) is 0. The summed E-state index contributed by atoms with van der Waals surface area (Å²) in [6.45, 7) is 0.632. The Bertz CT molecular complexity index is 248. The van der Waals surface area contributed by atoms with Crippen molar-refractivity contribution in [1.29, 1.82) is 0 Å². The zero-order valence-corrected chi connectivity index (χ0v) is 7.21. The zero-order chi connectivity index (χ0) is 8.81. The number of rotatable bonds is 4. The molecule has 0 aromatic carbocycles. The molecule has 0 aliphatic carbocycles. The van der Waals surface area contributed by atoms with Crippen LogP contribution in [0.1, 0.15) is 5.56 Å². The molecular weight excluding hydrogens is 176 g/mol. The average Bonchev–Trinajstić information content (AvgIpc) is 2.09. The molecule has 0 bridgehead atoms. The second-order valence-corrected chi connectivity index (χ2v) is 2.70. The fraction of sp³-hybridized carbons (Fsp3) is 0.250. The predicted molar refractivity (Wildman–Crippen MR) is 47.0 cm³/mol. The number of nitrogens with one attached hydrogen (secondary N) is 1. The summed E-state index contributed by atoms with van der Waals surface area (Å²) in [7, 11) is 0. The van der Waals surface area contributed by atoms with Crippen molar-refractivity contribution in [2.75, 3.05) is 6.54 Å². The fourth-order valence-electron chi connectivity index (χ4n) is 0.830. The highest BCUT2D eigenvalue weighted by molar-refractivity contribution is 6.29. The molecule has 0 fully saturated rings. The van der Waals surface area contributed by atoms with E-state index in [9.17, 15) is 4.79 Å². The van der Waals surface area contributed by atoms with Crippen LogP contribution >= 0.6 is 11.6 Å². The lowest BCUT2D eigenvalue weighted by Crippen LogP contribution is -2.14. The number of hydrogen-bond donors (Lipinski definition) is 1. The van der Waals surface area contributed by atoms with E-state index in [4.69, 9.17) is 11.6 Å². The molecule has 1 rings (SSSR count). The molecule has 1 heterocycles. The minimum atomic E-state index is 0.488. The quantitative estimate of drug-likeness (QED) is 0.431. The van der Waals surface area contributed by atoms with Crippen molar-refractivity contribution >= 4 is 18.0 Å². The van der Waals surface area contributed by atoms with Gasteiger partial charge in [-0.05, 0) is 18.1 Å². The molecule has 3 nitrogen and oxygen atoms in total. The van der Waals surface area contributed by atoms with Gasteiger partial charge in [0.15, 0.2) is 0 Å². The van der Waals surface area contributed by atoms with Crippen molar-refractivity contribution in [2.24, 2.45) is 0 Å². The summed E-state index contributed by atoms with van der Waals surface area (Å²) in [6.07, 6.45) is 3.17. The molecule has 1 amide bonds. The monoisotopic (exact) mass is 184 g/mol. The first-order valence-electron chi connectivity index (χ1n) is 3.60. The van der Waals surface area contributed by atoms with Gasteiger partial charge in [0.25, 0.3) is 0 Å². The van der Waals surface area contributed by atoms with Gasteiger partial charge in [0.1, 0.15) is 5.15 Å². The Hall–Kier alpha value is -1.09. The first-order chi connectivity index (χ1) is 5.83. The lowest BCUT2D eigenvalue weighted by atomic mass is 10.2. The number of aromatic nitrogens is 1. The molecule has 0 aliphatic rings. The molecule has 1 aromatic heterocycles. The average molecular weight is 185 g/mol. The Kier molecular flexibility index (Phi) is 3.54. The van der Waals surface area contributed by atoms with Gasteiger partial charge >= 0.3 is 0 Å². The third-order valence-corrected chi connectivity index (χ3v) is 1.65. The maximum Gasteiger partial charge on any atom is 0.207 e. The molecule has 4 heteroatoms.